The van der Waals surface area contributed by atoms with Gasteiger partial charge in [0.2, 0.25) is 5.91 Å². The van der Waals surface area contributed by atoms with Gasteiger partial charge in [-0.2, -0.15) is 0 Å². The lowest BCUT2D eigenvalue weighted by Crippen LogP contribution is -2.39. The average Bonchev–Trinajstić information content (AvgIpc) is 2.90. The molecule has 1 aromatic carbocycles. The fourth-order valence-corrected chi connectivity index (χ4v) is 3.00. The number of anilines is 1. The molecule has 2 N–H and O–H groups in total. The molecule has 0 saturated carbocycles. The van der Waals surface area contributed by atoms with Gasteiger partial charge >= 0.3 is 0 Å². The zero-order valence-electron chi connectivity index (χ0n) is 12.9. The van der Waals surface area contributed by atoms with Crippen molar-refractivity contribution < 1.29 is 4.79 Å². The SMILES string of the molecule is CCN(CC)C1CCN(C(=O)Cc2cccc(N)c2)C1.Cl. The highest BCUT2D eigenvalue weighted by Crippen LogP contribution is 2.17. The summed E-state index contributed by atoms with van der Waals surface area (Å²) in [6, 6.07) is 8.12. The summed E-state index contributed by atoms with van der Waals surface area (Å²) >= 11 is 0. The Balaban J connectivity index is 0.00000220. The Morgan fingerprint density at radius 1 is 1.38 bits per heavy atom. The number of likely N-dealkylation sites (tertiary alicyclic amines) is 1. The molecule has 118 valence electrons. The van der Waals surface area contributed by atoms with E-state index in [1.165, 1.54) is 0 Å². The second kappa shape index (κ2) is 8.25. The highest BCUT2D eigenvalue weighted by molar-refractivity contribution is 5.85. The van der Waals surface area contributed by atoms with E-state index < -0.39 is 0 Å². The predicted molar refractivity (Wildman–Crippen MR) is 89.7 cm³/mol. The largest absolute Gasteiger partial charge is 0.399 e. The van der Waals surface area contributed by atoms with Crippen molar-refractivity contribution in [1.82, 2.24) is 9.80 Å². The van der Waals surface area contributed by atoms with Crippen LogP contribution in [0.25, 0.3) is 0 Å². The van der Waals surface area contributed by atoms with Gasteiger partial charge < -0.3 is 10.6 Å². The van der Waals surface area contributed by atoms with Crippen LogP contribution in [0.5, 0.6) is 0 Å². The van der Waals surface area contributed by atoms with Crippen LogP contribution in [0.15, 0.2) is 24.3 Å². The summed E-state index contributed by atoms with van der Waals surface area (Å²) in [6.07, 6.45) is 1.54. The van der Waals surface area contributed by atoms with Crippen molar-refractivity contribution in [3.8, 4) is 0 Å². The number of likely N-dealkylation sites (N-methyl/N-ethyl adjacent to an activating group) is 1. The van der Waals surface area contributed by atoms with Crippen LogP contribution in [0, 0.1) is 0 Å². The number of hydrogen-bond acceptors (Lipinski definition) is 3. The first-order chi connectivity index (χ1) is 9.63. The molecule has 1 fully saturated rings. The number of carbonyl (C=O) groups is 1. The van der Waals surface area contributed by atoms with Crippen LogP contribution in [0.4, 0.5) is 5.69 Å². The maximum atomic E-state index is 12.3. The molecule has 0 aromatic heterocycles. The number of benzene rings is 1. The summed E-state index contributed by atoms with van der Waals surface area (Å²) < 4.78 is 0. The normalized spacial score (nSPS) is 17.9. The quantitative estimate of drug-likeness (QED) is 0.848. The molecule has 1 amide bonds. The second-order valence-corrected chi connectivity index (χ2v) is 5.43. The number of rotatable bonds is 5. The summed E-state index contributed by atoms with van der Waals surface area (Å²) in [4.78, 5) is 16.8. The van der Waals surface area contributed by atoms with Gasteiger partial charge in [-0.15, -0.1) is 12.4 Å². The minimum Gasteiger partial charge on any atom is -0.399 e. The number of halogens is 1. The van der Waals surface area contributed by atoms with E-state index in [0.717, 1.165) is 43.9 Å². The van der Waals surface area contributed by atoms with Crippen molar-refractivity contribution >= 4 is 24.0 Å². The van der Waals surface area contributed by atoms with Crippen molar-refractivity contribution in [3.63, 3.8) is 0 Å². The zero-order chi connectivity index (χ0) is 14.5. The summed E-state index contributed by atoms with van der Waals surface area (Å²) in [6.45, 7) is 8.21. The topological polar surface area (TPSA) is 49.6 Å². The van der Waals surface area contributed by atoms with E-state index in [0.29, 0.717) is 12.5 Å². The second-order valence-electron chi connectivity index (χ2n) is 5.43. The van der Waals surface area contributed by atoms with Crippen molar-refractivity contribution in [2.24, 2.45) is 0 Å². The van der Waals surface area contributed by atoms with Gasteiger partial charge in [-0.25, -0.2) is 0 Å². The van der Waals surface area contributed by atoms with E-state index in [1.54, 1.807) is 0 Å². The van der Waals surface area contributed by atoms with Gasteiger partial charge in [-0.1, -0.05) is 26.0 Å². The maximum absolute atomic E-state index is 12.3. The Hall–Kier alpha value is -1.26. The lowest BCUT2D eigenvalue weighted by Gasteiger charge is -2.26. The smallest absolute Gasteiger partial charge is 0.227 e. The van der Waals surface area contributed by atoms with Gasteiger partial charge in [0.25, 0.3) is 0 Å². The van der Waals surface area contributed by atoms with E-state index in [2.05, 4.69) is 18.7 Å². The van der Waals surface area contributed by atoms with Crippen molar-refractivity contribution in [1.29, 1.82) is 0 Å². The third-order valence-corrected chi connectivity index (χ3v) is 4.15. The fourth-order valence-electron chi connectivity index (χ4n) is 3.00. The summed E-state index contributed by atoms with van der Waals surface area (Å²) in [5.41, 5.74) is 7.48. The molecule has 5 heteroatoms. The minimum absolute atomic E-state index is 0. The maximum Gasteiger partial charge on any atom is 0.227 e. The molecule has 0 bridgehead atoms. The molecule has 1 atom stereocenters. The molecule has 1 unspecified atom stereocenters. The van der Waals surface area contributed by atoms with Crippen LogP contribution >= 0.6 is 12.4 Å². The van der Waals surface area contributed by atoms with E-state index in [9.17, 15) is 4.79 Å². The van der Waals surface area contributed by atoms with Crippen molar-refractivity contribution in [3.05, 3.63) is 29.8 Å². The molecule has 0 radical (unpaired) electrons. The summed E-state index contributed by atoms with van der Waals surface area (Å²) in [5.74, 6) is 0.213. The first kappa shape index (κ1) is 17.8. The Morgan fingerprint density at radius 3 is 2.71 bits per heavy atom. The molecule has 21 heavy (non-hydrogen) atoms. The van der Waals surface area contributed by atoms with Crippen LogP contribution < -0.4 is 5.73 Å². The summed E-state index contributed by atoms with van der Waals surface area (Å²) in [7, 11) is 0. The third-order valence-electron chi connectivity index (χ3n) is 4.15. The fraction of sp³-hybridized carbons (Fsp3) is 0.562. The lowest BCUT2D eigenvalue weighted by molar-refractivity contribution is -0.129. The van der Waals surface area contributed by atoms with Crippen LogP contribution in [-0.2, 0) is 11.2 Å². The van der Waals surface area contributed by atoms with Gasteiger partial charge in [-0.05, 0) is 37.2 Å². The molecule has 0 spiro atoms. The van der Waals surface area contributed by atoms with Crippen LogP contribution in [0.3, 0.4) is 0 Å². The number of nitrogen functional groups attached to an aromatic ring is 1. The number of nitrogens with two attached hydrogens (primary N) is 1. The molecule has 0 aliphatic carbocycles. The molecule has 1 saturated heterocycles. The van der Waals surface area contributed by atoms with Gasteiger partial charge in [-0.3, -0.25) is 9.69 Å². The van der Waals surface area contributed by atoms with Crippen LogP contribution in [0.1, 0.15) is 25.8 Å². The van der Waals surface area contributed by atoms with Gasteiger partial charge in [0.1, 0.15) is 0 Å². The highest BCUT2D eigenvalue weighted by atomic mass is 35.5. The van der Waals surface area contributed by atoms with E-state index in [1.807, 2.05) is 29.2 Å². The van der Waals surface area contributed by atoms with Crippen LogP contribution in [-0.4, -0.2) is 47.9 Å². The average molecular weight is 312 g/mol. The van der Waals surface area contributed by atoms with E-state index in [-0.39, 0.29) is 18.3 Å². The minimum atomic E-state index is 0. The highest BCUT2D eigenvalue weighted by Gasteiger charge is 2.28. The molecular formula is C16H26ClN3O. The molecule has 4 nitrogen and oxygen atoms in total. The number of carbonyl (C=O) groups excluding carboxylic acids is 1. The Labute approximate surface area is 133 Å². The Bertz CT molecular complexity index is 463. The Morgan fingerprint density at radius 2 is 2.10 bits per heavy atom. The third kappa shape index (κ3) is 4.61. The van der Waals surface area contributed by atoms with Crippen molar-refractivity contribution in [2.75, 3.05) is 31.9 Å². The van der Waals surface area contributed by atoms with Gasteiger partial charge in [0, 0.05) is 24.8 Å². The first-order valence-electron chi connectivity index (χ1n) is 7.50. The van der Waals surface area contributed by atoms with Gasteiger partial charge in [0.15, 0.2) is 0 Å². The van der Waals surface area contributed by atoms with E-state index >= 15 is 0 Å². The number of hydrogen-bond donors (Lipinski definition) is 1. The molecule has 1 heterocycles. The number of nitrogens with zero attached hydrogens (tertiary/aromatic N) is 2. The molecule has 1 aliphatic heterocycles. The Kier molecular flexibility index (Phi) is 6.99. The molecular weight excluding hydrogens is 286 g/mol. The molecule has 1 aliphatic rings. The zero-order valence-corrected chi connectivity index (χ0v) is 13.7. The lowest BCUT2D eigenvalue weighted by atomic mass is 10.1. The standard InChI is InChI=1S/C16H25N3O.ClH/c1-3-18(4-2)15-8-9-19(12-15)16(20)11-13-6-5-7-14(17)10-13;/h5-7,10,15H,3-4,8-9,11-12,17H2,1-2H3;1H. The van der Waals surface area contributed by atoms with E-state index in [4.69, 9.17) is 5.73 Å². The van der Waals surface area contributed by atoms with Crippen LogP contribution in [0.2, 0.25) is 0 Å². The molecule has 1 aromatic rings. The van der Waals surface area contributed by atoms with Gasteiger partial charge in [0.05, 0.1) is 6.42 Å². The predicted octanol–water partition coefficient (Wildman–Crippen LogP) is 2.18. The molecule has 2 rings (SSSR count). The summed E-state index contributed by atoms with van der Waals surface area (Å²) in [5, 5.41) is 0. The monoisotopic (exact) mass is 311 g/mol. The first-order valence-corrected chi connectivity index (χ1v) is 7.50. The van der Waals surface area contributed by atoms with Crippen molar-refractivity contribution in [2.45, 2.75) is 32.7 Å². The number of amides is 1.